The van der Waals surface area contributed by atoms with E-state index in [-0.39, 0.29) is 46.6 Å². The van der Waals surface area contributed by atoms with Crippen molar-refractivity contribution in [3.63, 3.8) is 0 Å². The first-order valence-corrected chi connectivity index (χ1v) is 9.50. The lowest BCUT2D eigenvalue weighted by Crippen LogP contribution is -2.28. The zero-order valence-electron chi connectivity index (χ0n) is 17.1. The lowest BCUT2D eigenvalue weighted by atomic mass is 10.0. The highest BCUT2D eigenvalue weighted by Gasteiger charge is 2.28. The number of nitrogens with one attached hydrogen (secondary N) is 2. The number of nitrogens with two attached hydrogens (primary N) is 1. The van der Waals surface area contributed by atoms with Crippen LogP contribution in [0.5, 0.6) is 5.75 Å². The van der Waals surface area contributed by atoms with Crippen molar-refractivity contribution in [3.8, 4) is 5.75 Å². The first kappa shape index (κ1) is 26.4. The van der Waals surface area contributed by atoms with Gasteiger partial charge in [-0.2, -0.15) is 0 Å². The molecule has 0 saturated carbocycles. The van der Waals surface area contributed by atoms with E-state index < -0.39 is 12.0 Å². The molecule has 8 nitrogen and oxygen atoms in total. The van der Waals surface area contributed by atoms with E-state index in [1.807, 2.05) is 0 Å². The van der Waals surface area contributed by atoms with E-state index in [0.29, 0.717) is 16.8 Å². The van der Waals surface area contributed by atoms with Crippen LogP contribution >= 0.6 is 35.6 Å². The largest absolute Gasteiger partial charge is 0.482 e. The number of halogens is 3. The fraction of sp³-hybridized carbons (Fsp3) is 0.250. The first-order chi connectivity index (χ1) is 14.1. The number of hydrogen-bond donors (Lipinski definition) is 3. The second-order valence-corrected chi connectivity index (χ2v) is 7.32. The number of amidine groups is 1. The molecule has 4 N–H and O–H groups in total. The molecule has 2 aromatic rings. The van der Waals surface area contributed by atoms with Crippen LogP contribution in [0.2, 0.25) is 10.0 Å². The van der Waals surface area contributed by atoms with E-state index in [9.17, 15) is 9.59 Å². The van der Waals surface area contributed by atoms with E-state index in [2.05, 4.69) is 5.32 Å². The topological polar surface area (TPSA) is 118 Å². The number of methoxy groups -OCH3 is 1. The van der Waals surface area contributed by atoms with Crippen LogP contribution in [0.15, 0.2) is 36.4 Å². The second kappa shape index (κ2) is 11.6. The van der Waals surface area contributed by atoms with Crippen LogP contribution in [0.4, 0.5) is 5.69 Å². The Labute approximate surface area is 196 Å². The van der Waals surface area contributed by atoms with Crippen molar-refractivity contribution in [2.24, 2.45) is 5.73 Å². The molecule has 0 saturated heterocycles. The number of esters is 1. The van der Waals surface area contributed by atoms with E-state index in [1.54, 1.807) is 38.4 Å². The number of nitrogens with zero attached hydrogens (tertiary/aromatic N) is 1. The molecule has 0 radical (unpaired) electrons. The molecule has 31 heavy (non-hydrogen) atoms. The molecule has 1 atom stereocenters. The van der Waals surface area contributed by atoms with Gasteiger partial charge < -0.3 is 25.4 Å². The zero-order valence-corrected chi connectivity index (χ0v) is 19.4. The number of carbonyl (C=O) groups excluding carboxylic acids is 2. The summed E-state index contributed by atoms with van der Waals surface area (Å²) >= 11 is 12.4. The predicted molar refractivity (Wildman–Crippen MR) is 124 cm³/mol. The molecule has 0 fully saturated rings. The summed E-state index contributed by atoms with van der Waals surface area (Å²) in [5.41, 5.74) is 6.87. The third-order valence-corrected chi connectivity index (χ3v) is 4.63. The van der Waals surface area contributed by atoms with Crippen molar-refractivity contribution in [2.75, 3.05) is 33.1 Å². The van der Waals surface area contributed by atoms with E-state index >= 15 is 0 Å². The Kier molecular flexibility index (Phi) is 9.90. The van der Waals surface area contributed by atoms with E-state index in [1.165, 1.54) is 24.1 Å². The lowest BCUT2D eigenvalue weighted by molar-refractivity contribution is -0.141. The Bertz CT molecular complexity index is 952. The van der Waals surface area contributed by atoms with Crippen LogP contribution in [0.1, 0.15) is 17.2 Å². The summed E-state index contributed by atoms with van der Waals surface area (Å²) in [4.78, 5) is 25.9. The highest BCUT2D eigenvalue weighted by atomic mass is 35.5. The minimum absolute atomic E-state index is 0. The van der Waals surface area contributed by atoms with Crippen molar-refractivity contribution in [3.05, 3.63) is 57.6 Å². The average molecular weight is 490 g/mol. The summed E-state index contributed by atoms with van der Waals surface area (Å²) in [5, 5.41) is 10.9. The minimum Gasteiger partial charge on any atom is -0.482 e. The van der Waals surface area contributed by atoms with Gasteiger partial charge in [0, 0.05) is 35.9 Å². The molecule has 1 amide bonds. The number of anilines is 1. The van der Waals surface area contributed by atoms with Crippen LogP contribution < -0.4 is 15.8 Å². The van der Waals surface area contributed by atoms with Gasteiger partial charge in [0.05, 0.1) is 12.1 Å². The van der Waals surface area contributed by atoms with Gasteiger partial charge in [-0.05, 0) is 36.4 Å². The van der Waals surface area contributed by atoms with Crippen molar-refractivity contribution < 1.29 is 19.1 Å². The summed E-state index contributed by atoms with van der Waals surface area (Å²) < 4.78 is 10.6. The molecule has 0 aliphatic carbocycles. The smallest absolute Gasteiger partial charge is 0.333 e. The molecule has 0 heterocycles. The van der Waals surface area contributed by atoms with Crippen LogP contribution in [0, 0.1) is 5.41 Å². The number of nitrogen functional groups attached to an aromatic ring is 1. The van der Waals surface area contributed by atoms with Gasteiger partial charge in [0.15, 0.2) is 12.6 Å². The highest BCUT2D eigenvalue weighted by Crippen LogP contribution is 2.38. The summed E-state index contributed by atoms with van der Waals surface area (Å²) in [6.45, 7) is -0.275. The van der Waals surface area contributed by atoms with Crippen LogP contribution in [-0.4, -0.2) is 50.4 Å². The number of amides is 1. The van der Waals surface area contributed by atoms with Crippen LogP contribution in [-0.2, 0) is 14.3 Å². The van der Waals surface area contributed by atoms with Crippen molar-refractivity contribution >= 4 is 59.0 Å². The van der Waals surface area contributed by atoms with Gasteiger partial charge in [0.1, 0.15) is 11.6 Å². The third kappa shape index (κ3) is 6.92. The van der Waals surface area contributed by atoms with Gasteiger partial charge in [-0.15, -0.1) is 12.4 Å². The molecular weight excluding hydrogens is 467 g/mol. The third-order valence-electron chi connectivity index (χ3n) is 4.13. The van der Waals surface area contributed by atoms with Gasteiger partial charge in [-0.1, -0.05) is 23.2 Å². The molecule has 0 aliphatic rings. The van der Waals surface area contributed by atoms with Crippen molar-refractivity contribution in [2.45, 2.75) is 6.04 Å². The standard InChI is InChI=1S/C20H22Cl2N4O4.ClH/c1-26(2)16(27)10-30-18-14(8-12(21)9-15(18)22)17(20(28)29-3)25-13-6-4-11(5-7-13)19(23)24;/h4-9,17,25H,10H2,1-3H3,(H3,23,24);1H. The molecule has 0 aliphatic heterocycles. The molecule has 1 unspecified atom stereocenters. The lowest BCUT2D eigenvalue weighted by Gasteiger charge is -2.22. The number of hydrogen-bond acceptors (Lipinski definition) is 6. The Hall–Kier alpha value is -2.68. The van der Waals surface area contributed by atoms with E-state index in [0.717, 1.165) is 0 Å². The monoisotopic (exact) mass is 488 g/mol. The van der Waals surface area contributed by atoms with Gasteiger partial charge in [0.2, 0.25) is 0 Å². The number of likely N-dealkylation sites (N-methyl/N-ethyl adjacent to an activating group) is 1. The number of ether oxygens (including phenoxy) is 2. The molecule has 0 bridgehead atoms. The van der Waals surface area contributed by atoms with Crippen LogP contribution in [0.25, 0.3) is 0 Å². The number of carbonyl (C=O) groups is 2. The molecule has 168 valence electrons. The maximum absolute atomic E-state index is 12.6. The highest BCUT2D eigenvalue weighted by molar-refractivity contribution is 6.35. The normalized spacial score (nSPS) is 11.0. The zero-order chi connectivity index (χ0) is 22.4. The summed E-state index contributed by atoms with van der Waals surface area (Å²) in [6, 6.07) is 8.54. The van der Waals surface area contributed by atoms with Crippen LogP contribution in [0.3, 0.4) is 0 Å². The minimum atomic E-state index is -1.03. The summed E-state index contributed by atoms with van der Waals surface area (Å²) in [6.07, 6.45) is 0. The van der Waals surface area contributed by atoms with Gasteiger partial charge in [0.25, 0.3) is 5.91 Å². The molecule has 0 spiro atoms. The van der Waals surface area contributed by atoms with Gasteiger partial charge in [-0.3, -0.25) is 10.2 Å². The number of benzene rings is 2. The Morgan fingerprint density at radius 3 is 2.32 bits per heavy atom. The average Bonchev–Trinajstić information content (AvgIpc) is 2.70. The van der Waals surface area contributed by atoms with Crippen molar-refractivity contribution in [1.29, 1.82) is 5.41 Å². The second-order valence-electron chi connectivity index (χ2n) is 6.47. The van der Waals surface area contributed by atoms with Gasteiger partial charge >= 0.3 is 5.97 Å². The summed E-state index contributed by atoms with van der Waals surface area (Å²) in [5.74, 6) is -0.837. The van der Waals surface area contributed by atoms with E-state index in [4.69, 9.17) is 43.8 Å². The predicted octanol–water partition coefficient (Wildman–Crippen LogP) is 3.49. The Morgan fingerprint density at radius 1 is 1.19 bits per heavy atom. The maximum Gasteiger partial charge on any atom is 0.333 e. The Balaban J connectivity index is 0.00000480. The first-order valence-electron chi connectivity index (χ1n) is 8.74. The summed E-state index contributed by atoms with van der Waals surface area (Å²) in [7, 11) is 4.44. The molecular formula is C20H23Cl3N4O4. The van der Waals surface area contributed by atoms with Gasteiger partial charge in [-0.25, -0.2) is 4.79 Å². The molecule has 0 aromatic heterocycles. The maximum atomic E-state index is 12.6. The molecule has 11 heteroatoms. The Morgan fingerprint density at radius 2 is 1.81 bits per heavy atom. The number of rotatable bonds is 8. The fourth-order valence-corrected chi connectivity index (χ4v) is 3.07. The molecule has 2 rings (SSSR count). The quantitative estimate of drug-likeness (QED) is 0.297. The van der Waals surface area contributed by atoms with Crippen molar-refractivity contribution in [1.82, 2.24) is 4.90 Å². The fourth-order valence-electron chi connectivity index (χ4n) is 2.50. The molecule has 2 aromatic carbocycles. The SMILES string of the molecule is COC(=O)C(Nc1ccc(C(=N)N)cc1)c1cc(Cl)cc(Cl)c1OCC(=O)N(C)C.Cl.